The van der Waals surface area contributed by atoms with Crippen LogP contribution in [0.4, 0.5) is 11.4 Å². The Labute approximate surface area is 135 Å². The van der Waals surface area contributed by atoms with Crippen LogP contribution in [0.25, 0.3) is 0 Å². The molecule has 2 aromatic rings. The highest BCUT2D eigenvalue weighted by Gasteiger charge is 2.30. The van der Waals surface area contributed by atoms with Crippen LogP contribution in [0.2, 0.25) is 0 Å². The maximum Gasteiger partial charge on any atom is 0.0381 e. The smallest absolute Gasteiger partial charge is 0.0381 e. The van der Waals surface area contributed by atoms with Gasteiger partial charge in [-0.3, -0.25) is 0 Å². The molecule has 21 heavy (non-hydrogen) atoms. The van der Waals surface area contributed by atoms with Gasteiger partial charge < -0.3 is 10.2 Å². The second kappa shape index (κ2) is 6.10. The largest absolute Gasteiger partial charge is 0.382 e. The number of hydrogen-bond donors (Lipinski definition) is 1. The van der Waals surface area contributed by atoms with Crippen LogP contribution in [0.15, 0.2) is 53.0 Å². The maximum absolute atomic E-state index is 3.65. The average Bonchev–Trinajstić information content (AvgIpc) is 2.42. The molecular formula is C18H21BrN2. The van der Waals surface area contributed by atoms with E-state index in [1.54, 1.807) is 0 Å². The average molecular weight is 345 g/mol. The number of halogens is 1. The molecule has 0 bridgehead atoms. The molecule has 0 saturated heterocycles. The van der Waals surface area contributed by atoms with E-state index in [1.807, 2.05) is 0 Å². The van der Waals surface area contributed by atoms with Crippen molar-refractivity contribution in [3.63, 3.8) is 0 Å². The van der Waals surface area contributed by atoms with E-state index in [-0.39, 0.29) is 0 Å². The van der Waals surface area contributed by atoms with E-state index < -0.39 is 0 Å². The molecule has 3 rings (SSSR count). The molecule has 0 aliphatic heterocycles. The minimum atomic E-state index is 0.589. The second-order valence-corrected chi connectivity index (χ2v) is 6.93. The lowest BCUT2D eigenvalue weighted by Gasteiger charge is -2.37. The standard InChI is InChI=1S/C18H21BrN2/c1-21(2)18-8-4-7-16(12-18)20-17-10-14(11-17)13-5-3-6-15(19)9-13/h3-9,12,14,17,20H,10-11H2,1-2H3. The van der Waals surface area contributed by atoms with E-state index in [9.17, 15) is 0 Å². The Balaban J connectivity index is 1.59. The van der Waals surface area contributed by atoms with E-state index >= 15 is 0 Å². The molecule has 0 radical (unpaired) electrons. The Kier molecular flexibility index (Phi) is 4.20. The highest BCUT2D eigenvalue weighted by Crippen LogP contribution is 2.39. The summed E-state index contributed by atoms with van der Waals surface area (Å²) in [5.41, 5.74) is 3.91. The molecule has 1 fully saturated rings. The molecule has 0 atom stereocenters. The van der Waals surface area contributed by atoms with Crippen molar-refractivity contribution >= 4 is 27.3 Å². The molecule has 0 heterocycles. The number of anilines is 2. The van der Waals surface area contributed by atoms with Crippen molar-refractivity contribution < 1.29 is 0 Å². The second-order valence-electron chi connectivity index (χ2n) is 6.01. The van der Waals surface area contributed by atoms with Crippen LogP contribution in [-0.4, -0.2) is 20.1 Å². The van der Waals surface area contributed by atoms with Crippen molar-refractivity contribution in [3.8, 4) is 0 Å². The quantitative estimate of drug-likeness (QED) is 0.850. The van der Waals surface area contributed by atoms with Crippen molar-refractivity contribution in [1.82, 2.24) is 0 Å². The van der Waals surface area contributed by atoms with Crippen LogP contribution in [0, 0.1) is 0 Å². The maximum atomic E-state index is 3.65. The Bertz CT molecular complexity index is 618. The molecule has 0 aromatic heterocycles. The summed E-state index contributed by atoms with van der Waals surface area (Å²) in [6.07, 6.45) is 2.42. The lowest BCUT2D eigenvalue weighted by atomic mass is 9.76. The van der Waals surface area contributed by atoms with Crippen LogP contribution < -0.4 is 10.2 Å². The van der Waals surface area contributed by atoms with Gasteiger partial charge in [-0.2, -0.15) is 0 Å². The van der Waals surface area contributed by atoms with Crippen LogP contribution in [0.5, 0.6) is 0 Å². The molecule has 1 saturated carbocycles. The van der Waals surface area contributed by atoms with Crippen LogP contribution in [0.3, 0.4) is 0 Å². The van der Waals surface area contributed by atoms with Gasteiger partial charge in [-0.1, -0.05) is 34.1 Å². The Morgan fingerprint density at radius 3 is 2.52 bits per heavy atom. The fraction of sp³-hybridized carbons (Fsp3) is 0.333. The molecule has 0 spiro atoms. The minimum Gasteiger partial charge on any atom is -0.382 e. The molecular weight excluding hydrogens is 324 g/mol. The zero-order chi connectivity index (χ0) is 14.8. The van der Waals surface area contributed by atoms with Crippen LogP contribution in [0.1, 0.15) is 24.3 Å². The van der Waals surface area contributed by atoms with Gasteiger partial charge in [0.15, 0.2) is 0 Å². The van der Waals surface area contributed by atoms with E-state index in [0.29, 0.717) is 12.0 Å². The number of rotatable bonds is 4. The zero-order valence-electron chi connectivity index (χ0n) is 12.5. The van der Waals surface area contributed by atoms with Gasteiger partial charge in [-0.05, 0) is 54.7 Å². The number of nitrogens with one attached hydrogen (secondary N) is 1. The predicted octanol–water partition coefficient (Wildman–Crippen LogP) is 4.87. The first-order valence-corrected chi connectivity index (χ1v) is 8.20. The van der Waals surface area contributed by atoms with E-state index in [0.717, 1.165) is 0 Å². The van der Waals surface area contributed by atoms with Gasteiger partial charge in [-0.15, -0.1) is 0 Å². The number of benzene rings is 2. The first-order valence-electron chi connectivity index (χ1n) is 7.41. The molecule has 0 amide bonds. The Morgan fingerprint density at radius 1 is 1.05 bits per heavy atom. The topological polar surface area (TPSA) is 15.3 Å². The summed E-state index contributed by atoms with van der Waals surface area (Å²) in [5, 5.41) is 3.65. The lowest BCUT2D eigenvalue weighted by molar-refractivity contribution is 0.374. The van der Waals surface area contributed by atoms with Gasteiger partial charge >= 0.3 is 0 Å². The molecule has 1 N–H and O–H groups in total. The van der Waals surface area contributed by atoms with Crippen LogP contribution >= 0.6 is 15.9 Å². The van der Waals surface area contributed by atoms with Gasteiger partial charge in [0.25, 0.3) is 0 Å². The Morgan fingerprint density at radius 2 is 1.81 bits per heavy atom. The van der Waals surface area contributed by atoms with E-state index in [4.69, 9.17) is 0 Å². The van der Waals surface area contributed by atoms with Gasteiger partial charge in [0.1, 0.15) is 0 Å². The molecule has 1 aliphatic carbocycles. The minimum absolute atomic E-state index is 0.589. The molecule has 2 aromatic carbocycles. The normalized spacial score (nSPS) is 20.7. The summed E-state index contributed by atoms with van der Waals surface area (Å²) >= 11 is 3.55. The molecule has 0 unspecified atom stereocenters. The fourth-order valence-corrected chi connectivity index (χ4v) is 3.29. The summed E-state index contributed by atoms with van der Waals surface area (Å²) < 4.78 is 1.18. The monoisotopic (exact) mass is 344 g/mol. The fourth-order valence-electron chi connectivity index (χ4n) is 2.88. The Hall–Kier alpha value is -1.48. The van der Waals surface area contributed by atoms with Crippen molar-refractivity contribution in [2.75, 3.05) is 24.3 Å². The van der Waals surface area contributed by atoms with Gasteiger partial charge in [0.05, 0.1) is 0 Å². The molecule has 1 aliphatic rings. The summed E-state index contributed by atoms with van der Waals surface area (Å²) in [6.45, 7) is 0. The summed E-state index contributed by atoms with van der Waals surface area (Å²) in [4.78, 5) is 2.14. The highest BCUT2D eigenvalue weighted by atomic mass is 79.9. The zero-order valence-corrected chi connectivity index (χ0v) is 14.1. The first kappa shape index (κ1) is 14.5. The van der Waals surface area contributed by atoms with Crippen molar-refractivity contribution in [2.45, 2.75) is 24.8 Å². The summed E-state index contributed by atoms with van der Waals surface area (Å²) in [6, 6.07) is 17.9. The molecule has 110 valence electrons. The third-order valence-electron chi connectivity index (χ3n) is 4.19. The van der Waals surface area contributed by atoms with Crippen LogP contribution in [-0.2, 0) is 0 Å². The number of hydrogen-bond acceptors (Lipinski definition) is 2. The van der Waals surface area contributed by atoms with E-state index in [2.05, 4.69) is 88.8 Å². The van der Waals surface area contributed by atoms with Crippen molar-refractivity contribution in [3.05, 3.63) is 58.6 Å². The molecule has 3 heteroatoms. The molecule has 2 nitrogen and oxygen atoms in total. The predicted molar refractivity (Wildman–Crippen MR) is 94.3 cm³/mol. The van der Waals surface area contributed by atoms with E-state index in [1.165, 1.54) is 34.3 Å². The third-order valence-corrected chi connectivity index (χ3v) is 4.68. The SMILES string of the molecule is CN(C)c1cccc(NC2CC(c3cccc(Br)c3)C2)c1. The lowest BCUT2D eigenvalue weighted by Crippen LogP contribution is -2.34. The summed E-state index contributed by atoms with van der Waals surface area (Å²) in [5.74, 6) is 0.692. The van der Waals surface area contributed by atoms with Crippen molar-refractivity contribution in [2.24, 2.45) is 0 Å². The third kappa shape index (κ3) is 3.41. The van der Waals surface area contributed by atoms with Gasteiger partial charge in [0.2, 0.25) is 0 Å². The summed E-state index contributed by atoms with van der Waals surface area (Å²) in [7, 11) is 4.15. The highest BCUT2D eigenvalue weighted by molar-refractivity contribution is 9.10. The number of nitrogens with zero attached hydrogens (tertiary/aromatic N) is 1. The first-order chi connectivity index (χ1) is 10.1. The van der Waals surface area contributed by atoms with Gasteiger partial charge in [0, 0.05) is 36.0 Å². The van der Waals surface area contributed by atoms with Gasteiger partial charge in [-0.25, -0.2) is 0 Å². The van der Waals surface area contributed by atoms with Crippen molar-refractivity contribution in [1.29, 1.82) is 0 Å².